The van der Waals surface area contributed by atoms with E-state index in [1.807, 2.05) is 0 Å². The van der Waals surface area contributed by atoms with Crippen LogP contribution < -0.4 is 0 Å². The van der Waals surface area contributed by atoms with Gasteiger partial charge in [0.1, 0.15) is 5.29 Å². The molecule has 0 aliphatic heterocycles. The topological polar surface area (TPSA) is 62.3 Å². The second-order valence-electron chi connectivity index (χ2n) is 29.7. The summed E-state index contributed by atoms with van der Waals surface area (Å²) in [4.78, 5) is 34.0. The molecule has 33 rings (SSSR count). The predicted molar refractivity (Wildman–Crippen MR) is 370 cm³/mol. The fraction of sp³-hybridized carbons (Fsp3) is 0.212. The van der Waals surface area contributed by atoms with Crippen LogP contribution >= 0.6 is 7.34 Å². The van der Waals surface area contributed by atoms with E-state index in [2.05, 4.69) is 61.6 Å². The first-order valence-electron chi connectivity index (χ1n) is 33.0. The molecule has 28 aromatic rings. The largest absolute Gasteiger partial charge is 0.469 e. The summed E-state index contributed by atoms with van der Waals surface area (Å²) in [6.45, 7) is 18.4. The van der Waals surface area contributed by atoms with Gasteiger partial charge in [0.2, 0.25) is 0 Å². The van der Waals surface area contributed by atoms with Gasteiger partial charge in [-0.1, -0.05) is 47.6 Å². The number of hydrogen-bond acceptors (Lipinski definition) is 7. The minimum atomic E-state index is -3.14. The van der Waals surface area contributed by atoms with Crippen molar-refractivity contribution < 1.29 is 19.1 Å². The van der Waals surface area contributed by atoms with Crippen molar-refractivity contribution in [1.82, 2.24) is 14.0 Å². The van der Waals surface area contributed by atoms with E-state index >= 15 is 9.59 Å². The molecule has 0 heterocycles. The van der Waals surface area contributed by atoms with Gasteiger partial charge in [-0.3, -0.25) is 18.8 Å². The van der Waals surface area contributed by atoms with Crippen molar-refractivity contribution >= 4 is 315 Å². The van der Waals surface area contributed by atoms with Crippen LogP contribution in [0.4, 0.5) is 0 Å². The summed E-state index contributed by atoms with van der Waals surface area (Å²) < 4.78 is 21.4. The third-order valence-corrected chi connectivity index (χ3v) is 34.4. The summed E-state index contributed by atoms with van der Waals surface area (Å²) >= 11 is 0. The Morgan fingerprint density at radius 2 is 0.511 bits per heavy atom. The highest BCUT2D eigenvalue weighted by atomic mass is 31.2. The summed E-state index contributed by atoms with van der Waals surface area (Å²) in [5.41, 5.74) is 4.50. The molecule has 1 unspecified atom stereocenters. The number of rotatable bonds is 12. The van der Waals surface area contributed by atoms with Crippen LogP contribution in [-0.2, 0) is 29.9 Å². The molecule has 0 saturated carbocycles. The second kappa shape index (κ2) is 10.0. The van der Waals surface area contributed by atoms with Gasteiger partial charge in [0.25, 0.3) is 0 Å². The molecular weight excluding hydrogens is 1100 g/mol. The average molecular weight is 1140 g/mol. The van der Waals surface area contributed by atoms with Gasteiger partial charge in [0, 0.05) is 39.3 Å². The maximum atomic E-state index is 17.1. The third kappa shape index (κ3) is 2.41. The number of hydrogen-bond donors (Lipinski definition) is 0. The van der Waals surface area contributed by atoms with Gasteiger partial charge < -0.3 is 9.47 Å². The fourth-order valence-corrected chi connectivity index (χ4v) is 33.9. The number of methoxy groups -OCH3 is 2. The van der Waals surface area contributed by atoms with Crippen LogP contribution in [0.2, 0.25) is 0 Å². The Bertz CT molecular complexity index is 7770. The molecule has 88 heavy (non-hydrogen) atoms. The first-order chi connectivity index (χ1) is 43.4. The molecule has 28 aromatic carbocycles. The lowest BCUT2D eigenvalue weighted by Gasteiger charge is -2.56. The molecule has 0 bridgehead atoms. The lowest BCUT2D eigenvalue weighted by molar-refractivity contribution is -0.145. The van der Waals surface area contributed by atoms with E-state index in [0.717, 1.165) is 50.1 Å². The van der Waals surface area contributed by atoms with Crippen molar-refractivity contribution in [2.24, 2.45) is 5.92 Å². The molecular formula is C80H38N3O4P. The average Bonchev–Trinajstić information content (AvgIpc) is 1.38. The first-order valence-corrected chi connectivity index (χ1v) is 34.7. The van der Waals surface area contributed by atoms with Crippen LogP contribution in [-0.4, -0.2) is 84.7 Å². The Labute approximate surface area is 491 Å². The van der Waals surface area contributed by atoms with E-state index in [1.165, 1.54) is 216 Å². The molecule has 5 aliphatic carbocycles. The normalized spacial score (nSPS) is 21.4. The predicted octanol–water partition coefficient (Wildman–Crippen LogP) is 19.2. The van der Waals surface area contributed by atoms with Crippen LogP contribution in [0.3, 0.4) is 0 Å². The maximum Gasteiger partial charge on any atom is 0.342 e. The van der Waals surface area contributed by atoms with Crippen LogP contribution in [0.5, 0.6) is 0 Å². The lowest BCUT2D eigenvalue weighted by atomic mass is 9.46. The number of esters is 2. The highest BCUT2D eigenvalue weighted by Crippen LogP contribution is 2.88. The van der Waals surface area contributed by atoms with Gasteiger partial charge in [-0.05, 0) is 319 Å². The maximum absolute atomic E-state index is 17.1. The third-order valence-electron chi connectivity index (χ3n) is 29.3. The summed E-state index contributed by atoms with van der Waals surface area (Å²) in [5, 5.41) is 82.3. The van der Waals surface area contributed by atoms with Crippen molar-refractivity contribution in [3.63, 3.8) is 0 Å². The van der Waals surface area contributed by atoms with Crippen molar-refractivity contribution in [2.75, 3.05) is 53.5 Å². The van der Waals surface area contributed by atoms with Crippen molar-refractivity contribution in [3.8, 4) is 0 Å². The first kappa shape index (κ1) is 40.0. The zero-order chi connectivity index (χ0) is 56.0. The van der Waals surface area contributed by atoms with E-state index in [-0.39, 0.29) is 11.9 Å². The molecule has 0 saturated heterocycles. The van der Waals surface area contributed by atoms with Gasteiger partial charge in [-0.25, -0.2) is 4.79 Å². The zero-order valence-electron chi connectivity index (χ0n) is 48.8. The van der Waals surface area contributed by atoms with Gasteiger partial charge >= 0.3 is 11.9 Å². The van der Waals surface area contributed by atoms with Crippen LogP contribution in [0.15, 0.2) is 11.6 Å². The van der Waals surface area contributed by atoms with Gasteiger partial charge in [-0.15, -0.1) is 0 Å². The lowest BCUT2D eigenvalue weighted by Crippen LogP contribution is -2.57. The summed E-state index contributed by atoms with van der Waals surface area (Å²) in [6.07, 6.45) is 2.45. The van der Waals surface area contributed by atoms with Gasteiger partial charge in [0.05, 0.1) is 38.3 Å². The Morgan fingerprint density at radius 1 is 0.318 bits per heavy atom. The molecule has 0 amide bonds. The summed E-state index contributed by atoms with van der Waals surface area (Å²) in [6, 6.07) is 0. The standard InChI is InChI=1S/C80H38N3O4P/c1-9-81(10-2)88(82(11-3)12-4,83(13-5)14-6)76(78(85)87-8)16-15-17(77(84)86-7)80-74-68-58-48-38-30-22-19-18-20-24-26(22)34-40-32(24)42-36-28(20)29-21(18)25-27-23(19)31(30)39-45-35(27)41-33(25)43-37(29)47-46(36)56-50(42)60-54(40)62(52(58)44(34)38)70(74)66(60)72-64(56)65-57(47)51(43)61-55(41)63-53(45)59(49(39)48)69(68)75(80)71(63)67(61)73(65)79(16,72)80/h15,17H,9-14H2,1-8H3. The molecule has 402 valence electrons. The van der Waals surface area contributed by atoms with Gasteiger partial charge in [0.15, 0.2) is 0 Å². The highest BCUT2D eigenvalue weighted by Gasteiger charge is 2.77. The Morgan fingerprint density at radius 3 is 0.693 bits per heavy atom. The second-order valence-corrected chi connectivity index (χ2v) is 33.0. The molecule has 0 N–H and O–H groups in total. The minimum Gasteiger partial charge on any atom is -0.469 e. The van der Waals surface area contributed by atoms with Crippen LogP contribution in [0.1, 0.15) is 63.8 Å². The molecule has 0 radical (unpaired) electrons. The highest BCUT2D eigenvalue weighted by molar-refractivity contribution is 7.72. The van der Waals surface area contributed by atoms with Crippen LogP contribution in [0, 0.1) is 5.92 Å². The number of ether oxygens (including phenoxy) is 2. The monoisotopic (exact) mass is 1140 g/mol. The number of carbonyl (C=O) groups excluding carboxylic acids is 2. The zero-order valence-corrected chi connectivity index (χ0v) is 49.7. The van der Waals surface area contributed by atoms with Crippen molar-refractivity contribution in [2.45, 2.75) is 52.4 Å². The van der Waals surface area contributed by atoms with Crippen LogP contribution in [0.25, 0.3) is 291 Å². The Kier molecular flexibility index (Phi) is 4.55. The molecule has 5 aliphatic rings. The molecule has 0 aromatic heterocycles. The van der Waals surface area contributed by atoms with E-state index in [9.17, 15) is 0 Å². The van der Waals surface area contributed by atoms with E-state index < -0.39 is 24.1 Å². The fourth-order valence-electron chi connectivity index (χ4n) is 28.7. The number of nitrogens with zero attached hydrogens (tertiary/aromatic N) is 3. The van der Waals surface area contributed by atoms with Crippen molar-refractivity contribution in [1.29, 1.82) is 0 Å². The number of benzene rings is 18. The Hall–Kier alpha value is -8.68. The number of carbonyl (C=O) groups is 2. The summed E-state index contributed by atoms with van der Waals surface area (Å²) in [5.74, 6) is -1.24. The molecule has 0 fully saturated rings. The van der Waals surface area contributed by atoms with E-state index in [1.54, 1.807) is 111 Å². The quantitative estimate of drug-likeness (QED) is 0.0686. The SMILES string of the molecule is CCN(CC)P(=C(C(=O)OC)C1=CC(C(=O)OC)C23c4c5c6c7c8c9c(c%10c%11c2c2c4c4c%12c5c5c6c6c8c8c%13c9c9c%10c%10c%11c%11c2c2c4c4c%12c%12c5c5c6c8c6c8c%13c9c9c%10c%10c%11c2c2c4c4c%12c5c6c5c8c9c%10c2c45)C173)(N(CC)CC)N(CC)CC. The van der Waals surface area contributed by atoms with Gasteiger partial charge in [-0.2, -0.15) is 0 Å². The molecule has 7 nitrogen and oxygen atoms in total. The molecule has 8 heteroatoms. The molecule has 2 spiro atoms. The smallest absolute Gasteiger partial charge is 0.342 e. The minimum absolute atomic E-state index is 0.200. The van der Waals surface area contributed by atoms with Crippen molar-refractivity contribution in [3.05, 3.63) is 33.9 Å². The van der Waals surface area contributed by atoms with E-state index in [4.69, 9.17) is 9.47 Å². The summed E-state index contributed by atoms with van der Waals surface area (Å²) in [7, 11) is 0.176. The molecule has 1 atom stereocenters. The Balaban J connectivity index is 1.05. The van der Waals surface area contributed by atoms with E-state index in [0.29, 0.717) is 0 Å².